The van der Waals surface area contributed by atoms with Crippen molar-refractivity contribution in [1.82, 2.24) is 20.5 Å². The summed E-state index contributed by atoms with van der Waals surface area (Å²) in [4.78, 5) is 27.7. The van der Waals surface area contributed by atoms with Crippen LogP contribution in [0, 0.1) is 5.92 Å². The quantitative estimate of drug-likeness (QED) is 0.393. The molecule has 1 heterocycles. The van der Waals surface area contributed by atoms with Crippen molar-refractivity contribution in [2.45, 2.75) is 58.8 Å². The number of carbonyl (C=O) groups is 2. The van der Waals surface area contributed by atoms with Crippen molar-refractivity contribution in [3.05, 3.63) is 41.7 Å². The molecule has 2 rings (SSSR count). The highest BCUT2D eigenvalue weighted by molar-refractivity contribution is 5.96. The highest BCUT2D eigenvalue weighted by Gasteiger charge is 2.22. The van der Waals surface area contributed by atoms with E-state index in [0.717, 1.165) is 43.5 Å². The van der Waals surface area contributed by atoms with Crippen LogP contribution < -0.4 is 16.4 Å². The van der Waals surface area contributed by atoms with Gasteiger partial charge in [0.2, 0.25) is 0 Å². The van der Waals surface area contributed by atoms with Crippen LogP contribution in [0.15, 0.2) is 36.2 Å². The van der Waals surface area contributed by atoms with Gasteiger partial charge in [-0.1, -0.05) is 13.0 Å². The zero-order valence-electron chi connectivity index (χ0n) is 20.8. The van der Waals surface area contributed by atoms with E-state index in [1.54, 1.807) is 19.4 Å². The average Bonchev–Trinajstić information content (AvgIpc) is 2.79. The molecule has 184 valence electrons. The van der Waals surface area contributed by atoms with Gasteiger partial charge in [-0.2, -0.15) is 0 Å². The van der Waals surface area contributed by atoms with Gasteiger partial charge in [0, 0.05) is 33.8 Å². The third kappa shape index (κ3) is 14.7. The van der Waals surface area contributed by atoms with Crippen LogP contribution >= 0.6 is 0 Å². The van der Waals surface area contributed by atoms with E-state index in [9.17, 15) is 9.59 Å². The van der Waals surface area contributed by atoms with Crippen LogP contribution in [0.4, 0.5) is 4.79 Å². The second-order valence-electron chi connectivity index (χ2n) is 8.10. The normalized spacial score (nSPS) is 16.5. The average molecular weight is 450 g/mol. The predicted molar refractivity (Wildman–Crippen MR) is 136 cm³/mol. The lowest BCUT2D eigenvalue weighted by Crippen LogP contribution is -2.33. The summed E-state index contributed by atoms with van der Waals surface area (Å²) >= 11 is 0. The third-order valence-electron chi connectivity index (χ3n) is 5.26. The van der Waals surface area contributed by atoms with Crippen molar-refractivity contribution in [2.75, 3.05) is 40.8 Å². The van der Waals surface area contributed by atoms with E-state index in [0.29, 0.717) is 18.2 Å². The number of Topliss-reactive ketones (excluding diaryl/α,β-unsaturated/α-hetero) is 1. The maximum absolute atomic E-state index is 11.7. The predicted octanol–water partition coefficient (Wildman–Crippen LogP) is 3.80. The molecule has 0 spiro atoms. The molecule has 0 unspecified atom stereocenters. The van der Waals surface area contributed by atoms with Gasteiger partial charge in [0.05, 0.1) is 0 Å². The minimum absolute atomic E-state index is 0. The van der Waals surface area contributed by atoms with Crippen molar-refractivity contribution in [2.24, 2.45) is 11.7 Å². The van der Waals surface area contributed by atoms with Gasteiger partial charge in [0.15, 0.2) is 5.78 Å². The molecule has 32 heavy (non-hydrogen) atoms. The smallest absolute Gasteiger partial charge is 0.314 e. The number of ketones is 1. The van der Waals surface area contributed by atoms with E-state index < -0.39 is 6.03 Å². The molecule has 0 aliphatic heterocycles. The Morgan fingerprint density at radius 3 is 2.50 bits per heavy atom. The van der Waals surface area contributed by atoms with Gasteiger partial charge in [0.25, 0.3) is 0 Å². The monoisotopic (exact) mass is 449 g/mol. The Balaban J connectivity index is 0. The Morgan fingerprint density at radius 1 is 1.31 bits per heavy atom. The summed E-state index contributed by atoms with van der Waals surface area (Å²) in [5, 5.41) is 6.16. The number of pyridine rings is 1. The molecule has 2 amide bonds. The van der Waals surface area contributed by atoms with E-state index >= 15 is 0 Å². The lowest BCUT2D eigenvalue weighted by Gasteiger charge is -2.22. The van der Waals surface area contributed by atoms with Gasteiger partial charge < -0.3 is 21.3 Å². The molecule has 1 aromatic heterocycles. The van der Waals surface area contributed by atoms with Crippen molar-refractivity contribution in [3.63, 3.8) is 0 Å². The number of urea groups is 1. The van der Waals surface area contributed by atoms with Crippen LogP contribution in [0.2, 0.25) is 0 Å². The summed E-state index contributed by atoms with van der Waals surface area (Å²) in [7, 11) is 5.43. The molecule has 0 radical (unpaired) electrons. The summed E-state index contributed by atoms with van der Waals surface area (Å²) in [6.45, 7) is 7.02. The first-order valence-electron chi connectivity index (χ1n) is 11.8. The van der Waals surface area contributed by atoms with Crippen molar-refractivity contribution in [3.8, 4) is 0 Å². The number of hydrogen-bond acceptors (Lipinski definition) is 5. The number of aromatic nitrogens is 1. The first-order chi connectivity index (χ1) is 15.4. The fraction of sp³-hybridized carbons (Fsp3) is 0.640. The molecule has 1 aliphatic carbocycles. The number of rotatable bonds is 9. The molecular formula is C25H47N5O2. The van der Waals surface area contributed by atoms with E-state index in [-0.39, 0.29) is 1.43 Å². The summed E-state index contributed by atoms with van der Waals surface area (Å²) in [5.41, 5.74) is 7.29. The van der Waals surface area contributed by atoms with E-state index in [2.05, 4.69) is 22.5 Å². The van der Waals surface area contributed by atoms with Gasteiger partial charge in [-0.25, -0.2) is 4.79 Å². The second kappa shape index (κ2) is 19.4. The Hall–Kier alpha value is -2.25. The largest absolute Gasteiger partial charge is 0.351 e. The SMILES string of the molecule is C/C=C1\CC[C@H](CCCNCCC)CC1=O.CN(CCc1ccncc1)C(N)=O.CNC.[HH]. The number of nitrogens with two attached hydrogens (primary N) is 1. The molecule has 1 aromatic rings. The standard InChI is InChI=1S/C14H25NO.C9H13N3O.C2H7N.H2/c1-3-9-15-10-5-6-12-7-8-13(4-2)14(16)11-12;1-12(9(10)13)7-4-8-2-5-11-6-3-8;1-3-2;/h4,12,15H,3,5-11H2,1-2H3;2-3,5-6H,4,7H2,1H3,(H2,10,13);3H,1-2H3;1H/b13-4+;;;/t12-;;;/m0.../s1. The molecule has 4 N–H and O–H groups in total. The Bertz CT molecular complexity index is 655. The maximum atomic E-state index is 11.7. The highest BCUT2D eigenvalue weighted by Crippen LogP contribution is 2.28. The maximum Gasteiger partial charge on any atom is 0.314 e. The van der Waals surface area contributed by atoms with Crippen molar-refractivity contribution < 1.29 is 11.0 Å². The molecule has 7 nitrogen and oxygen atoms in total. The Labute approximate surface area is 196 Å². The molecule has 0 saturated heterocycles. The summed E-state index contributed by atoms with van der Waals surface area (Å²) in [6.07, 6.45) is 12.9. The third-order valence-corrected chi connectivity index (χ3v) is 5.26. The van der Waals surface area contributed by atoms with Crippen LogP contribution in [-0.2, 0) is 11.2 Å². The second-order valence-corrected chi connectivity index (χ2v) is 8.10. The number of primary amides is 1. The van der Waals surface area contributed by atoms with Gasteiger partial charge in [-0.05, 0) is 102 Å². The summed E-state index contributed by atoms with van der Waals surface area (Å²) in [6, 6.07) is 3.46. The summed E-state index contributed by atoms with van der Waals surface area (Å²) < 4.78 is 0. The number of likely N-dealkylation sites (N-methyl/N-ethyl adjacent to an activating group) is 1. The van der Waals surface area contributed by atoms with Crippen molar-refractivity contribution in [1.29, 1.82) is 0 Å². The number of carbonyl (C=O) groups excluding carboxylic acids is 2. The Kier molecular flexibility index (Phi) is 18.1. The Morgan fingerprint density at radius 2 is 1.97 bits per heavy atom. The van der Waals surface area contributed by atoms with E-state index in [4.69, 9.17) is 5.73 Å². The molecule has 7 heteroatoms. The fourth-order valence-corrected chi connectivity index (χ4v) is 3.32. The molecule has 1 aliphatic rings. The number of nitrogens with zero attached hydrogens (tertiary/aromatic N) is 2. The number of allylic oxidation sites excluding steroid dienone is 2. The first kappa shape index (κ1) is 29.8. The van der Waals surface area contributed by atoms with Gasteiger partial charge in [0.1, 0.15) is 0 Å². The molecule has 1 atom stereocenters. The molecule has 0 aromatic carbocycles. The zero-order valence-corrected chi connectivity index (χ0v) is 20.8. The van der Waals surface area contributed by atoms with Crippen LogP contribution in [0.5, 0.6) is 0 Å². The lowest BCUT2D eigenvalue weighted by molar-refractivity contribution is -0.117. The molecule has 1 fully saturated rings. The van der Waals surface area contributed by atoms with Crippen LogP contribution in [0.25, 0.3) is 0 Å². The number of nitrogens with one attached hydrogen (secondary N) is 2. The van der Waals surface area contributed by atoms with Gasteiger partial charge in [-0.15, -0.1) is 0 Å². The van der Waals surface area contributed by atoms with Gasteiger partial charge >= 0.3 is 6.03 Å². The van der Waals surface area contributed by atoms with Crippen LogP contribution in [-0.4, -0.2) is 62.5 Å². The highest BCUT2D eigenvalue weighted by atomic mass is 16.2. The number of amides is 2. The van der Waals surface area contributed by atoms with Crippen molar-refractivity contribution >= 4 is 11.8 Å². The zero-order chi connectivity index (χ0) is 24.2. The van der Waals surface area contributed by atoms with Crippen LogP contribution in [0.3, 0.4) is 0 Å². The lowest BCUT2D eigenvalue weighted by atomic mass is 9.82. The minimum Gasteiger partial charge on any atom is -0.351 e. The topological polar surface area (TPSA) is 100 Å². The van der Waals surface area contributed by atoms with E-state index in [1.807, 2.05) is 39.2 Å². The van der Waals surface area contributed by atoms with Gasteiger partial charge in [-0.3, -0.25) is 9.78 Å². The first-order valence-corrected chi connectivity index (χ1v) is 11.8. The number of hydrogen-bond donors (Lipinski definition) is 3. The summed E-state index contributed by atoms with van der Waals surface area (Å²) in [5.74, 6) is 1.03. The minimum atomic E-state index is -0.394. The molecule has 1 saturated carbocycles. The molecule has 0 bridgehead atoms. The van der Waals surface area contributed by atoms with E-state index in [1.165, 1.54) is 30.6 Å². The fourth-order valence-electron chi connectivity index (χ4n) is 3.32. The van der Waals surface area contributed by atoms with Crippen LogP contribution in [0.1, 0.15) is 59.4 Å². The molecular weight excluding hydrogens is 402 g/mol.